The average molecular weight is 380 g/mol. The first kappa shape index (κ1) is 18.0. The van der Waals surface area contributed by atoms with Crippen LogP contribution in [0.25, 0.3) is 0 Å². The third-order valence-corrected chi connectivity index (χ3v) is 6.58. The number of β-lactam (4-membered cyclic amide) rings is 1. The molecule has 4 atom stereocenters. The Morgan fingerprint density at radius 2 is 2.00 bits per heavy atom. The van der Waals surface area contributed by atoms with Gasteiger partial charge >= 0.3 is 5.97 Å². The van der Waals surface area contributed by atoms with Crippen LogP contribution in [0.5, 0.6) is 0 Å². The largest absolute Gasteiger partial charge is 0.527 e. The number of fused-ring (bicyclic) bond motifs is 1. The molecule has 134 valence electrons. The van der Waals surface area contributed by atoms with Crippen molar-refractivity contribution >= 4 is 40.0 Å². The Kier molecular flexibility index (Phi) is 4.65. The zero-order chi connectivity index (χ0) is 18.4. The number of nitrogens with two attached hydrogens (primary N) is 1. The first-order chi connectivity index (χ1) is 11.8. The molecule has 2 amide bonds. The fourth-order valence-corrected chi connectivity index (χ4v) is 5.14. The third kappa shape index (κ3) is 2.96. The number of hydrogen-bond acceptors (Lipinski definition) is 6. The second kappa shape index (κ2) is 6.47. The van der Waals surface area contributed by atoms with Crippen LogP contribution >= 0.6 is 11.8 Å². The van der Waals surface area contributed by atoms with Gasteiger partial charge in [-0.05, 0) is 19.4 Å². The van der Waals surface area contributed by atoms with Crippen LogP contribution in [0.1, 0.15) is 25.5 Å². The normalized spacial score (nSPS) is 28.0. The summed E-state index contributed by atoms with van der Waals surface area (Å²) in [6, 6.07) is 6.85. The van der Waals surface area contributed by atoms with Gasteiger partial charge in [0.15, 0.2) is 0 Å². The zero-order valence-electron chi connectivity index (χ0n) is 14.3. The summed E-state index contributed by atoms with van der Waals surface area (Å²) in [5.41, 5.74) is 6.67. The second-order valence-electron chi connectivity index (χ2n) is 6.66. The molecule has 3 N–H and O–H groups in total. The van der Waals surface area contributed by atoms with Gasteiger partial charge in [-0.15, -0.1) is 11.8 Å². The van der Waals surface area contributed by atoms with Crippen molar-refractivity contribution in [2.75, 3.05) is 0 Å². The monoisotopic (exact) mass is 379 g/mol. The van der Waals surface area contributed by atoms with Gasteiger partial charge in [0, 0.05) is 4.75 Å². The van der Waals surface area contributed by atoms with Gasteiger partial charge in [0.2, 0.25) is 22.3 Å². The van der Waals surface area contributed by atoms with Gasteiger partial charge in [-0.25, -0.2) is 0 Å². The van der Waals surface area contributed by atoms with Crippen molar-refractivity contribution in [2.24, 2.45) is 5.73 Å². The lowest BCUT2D eigenvalue weighted by Crippen LogP contribution is -2.71. The van der Waals surface area contributed by atoms with E-state index in [1.807, 2.05) is 19.9 Å². The Balaban J connectivity index is 1.71. The molecule has 1 aromatic carbocycles. The molecule has 7 nitrogen and oxygen atoms in total. The molecule has 2 aliphatic heterocycles. The lowest BCUT2D eigenvalue weighted by atomic mass is 9.95. The van der Waals surface area contributed by atoms with Crippen LogP contribution < -0.4 is 11.1 Å². The van der Waals surface area contributed by atoms with E-state index in [9.17, 15) is 14.4 Å². The maximum Gasteiger partial charge on any atom is 0.316 e. The first-order valence-corrected chi connectivity index (χ1v) is 9.66. The smallest absolute Gasteiger partial charge is 0.316 e. The minimum absolute atomic E-state index is 0.270. The van der Waals surface area contributed by atoms with Gasteiger partial charge in [0.25, 0.3) is 0 Å². The van der Waals surface area contributed by atoms with E-state index in [0.29, 0.717) is 5.56 Å². The average Bonchev–Trinajstić information content (AvgIpc) is 2.86. The van der Waals surface area contributed by atoms with Crippen LogP contribution in [0.2, 0.25) is 0 Å². The molecule has 0 unspecified atom stereocenters. The molecule has 2 saturated heterocycles. The van der Waals surface area contributed by atoms with Gasteiger partial charge in [0.05, 0.1) is 0 Å². The second-order valence-corrected chi connectivity index (χ2v) is 8.84. The third-order valence-electron chi connectivity index (χ3n) is 4.60. The minimum atomic E-state index is -0.843. The summed E-state index contributed by atoms with van der Waals surface area (Å²) in [4.78, 5) is 38.5. The van der Waals surface area contributed by atoms with Crippen LogP contribution in [-0.2, 0) is 18.8 Å². The Hall–Kier alpha value is -1.84. The molecular weight excluding hydrogens is 358 g/mol. The van der Waals surface area contributed by atoms with E-state index in [0.717, 1.165) is 0 Å². The highest BCUT2D eigenvalue weighted by molar-refractivity contribution is 8.01. The van der Waals surface area contributed by atoms with E-state index in [-0.39, 0.29) is 27.7 Å². The maximum absolute atomic E-state index is 12.5. The van der Waals surface area contributed by atoms with Crippen molar-refractivity contribution in [3.05, 3.63) is 35.9 Å². The Morgan fingerprint density at radius 3 is 2.60 bits per heavy atom. The Labute approximate surface area is 153 Å². The van der Waals surface area contributed by atoms with Crippen molar-refractivity contribution in [2.45, 2.75) is 42.1 Å². The summed E-state index contributed by atoms with van der Waals surface area (Å²) in [7, 11) is 0.282. The van der Waals surface area contributed by atoms with Gasteiger partial charge < -0.3 is 20.4 Å². The summed E-state index contributed by atoms with van der Waals surface area (Å²) in [6.07, 6.45) is 0. The van der Waals surface area contributed by atoms with Crippen molar-refractivity contribution < 1.29 is 18.8 Å². The quantitative estimate of drug-likeness (QED) is 0.517. The number of thioether (sulfide) groups is 1. The van der Waals surface area contributed by atoms with Crippen LogP contribution in [0.3, 0.4) is 0 Å². The lowest BCUT2D eigenvalue weighted by molar-refractivity contribution is -0.159. The molecule has 0 bridgehead atoms. The summed E-state index contributed by atoms with van der Waals surface area (Å²) in [6.45, 7) is 3.81. The summed E-state index contributed by atoms with van der Waals surface area (Å²) < 4.78 is 4.50. The summed E-state index contributed by atoms with van der Waals surface area (Å²) in [5, 5.41) is 2.45. The van der Waals surface area contributed by atoms with Crippen LogP contribution in [-0.4, -0.2) is 55.4 Å². The number of nitrogens with one attached hydrogen (secondary N) is 1. The minimum Gasteiger partial charge on any atom is -0.527 e. The highest BCUT2D eigenvalue weighted by atomic mass is 32.2. The predicted molar refractivity (Wildman–Crippen MR) is 97.4 cm³/mol. The van der Waals surface area contributed by atoms with E-state index >= 15 is 0 Å². The molecule has 0 radical (unpaired) electrons. The number of amides is 2. The van der Waals surface area contributed by atoms with Crippen molar-refractivity contribution in [3.8, 4) is 0 Å². The van der Waals surface area contributed by atoms with Gasteiger partial charge in [0.1, 0.15) is 23.5 Å². The predicted octanol–water partition coefficient (Wildman–Crippen LogP) is -0.943. The van der Waals surface area contributed by atoms with Gasteiger partial charge in [-0.1, -0.05) is 30.3 Å². The van der Waals surface area contributed by atoms with E-state index < -0.39 is 28.8 Å². The Morgan fingerprint density at radius 1 is 1.36 bits per heavy atom. The first-order valence-electron chi connectivity index (χ1n) is 7.96. The zero-order valence-corrected chi connectivity index (χ0v) is 17.1. The molecule has 0 aliphatic carbocycles. The van der Waals surface area contributed by atoms with E-state index in [4.69, 9.17) is 10.2 Å². The molecule has 9 heteroatoms. The molecular formula is C16H21N3O4SSi. The highest BCUT2D eigenvalue weighted by Crippen LogP contribution is 2.51. The summed E-state index contributed by atoms with van der Waals surface area (Å²) >= 11 is 1.49. The topological polar surface area (TPSA) is 102 Å². The molecule has 0 aromatic heterocycles. The Bertz CT molecular complexity index is 715. The number of carbonyl (C=O) groups is 3. The van der Waals surface area contributed by atoms with Crippen LogP contribution in [0.15, 0.2) is 30.3 Å². The number of carbonyl (C=O) groups excluding carboxylic acids is 3. The van der Waals surface area contributed by atoms with E-state index in [1.165, 1.54) is 16.7 Å². The van der Waals surface area contributed by atoms with Crippen molar-refractivity contribution in [1.82, 2.24) is 10.2 Å². The molecule has 3 rings (SSSR count). The van der Waals surface area contributed by atoms with Crippen molar-refractivity contribution in [1.29, 1.82) is 0 Å². The van der Waals surface area contributed by atoms with Gasteiger partial charge in [-0.3, -0.25) is 14.4 Å². The number of benzene rings is 1. The van der Waals surface area contributed by atoms with Gasteiger partial charge in [-0.2, -0.15) is 0 Å². The number of rotatable bonds is 4. The standard InChI is InChI=1S/C16H21N3O4SSi/c1-16(2)11(15(22)23-25)19-13(21)10(14(19)24-16)18-12(20)9(17)8-6-4-3-5-7-8/h3-7,9-11,14H,17H2,1-2,25H3,(H,18,20)/t9-,10+,11-,14+/m0/s1. The van der Waals surface area contributed by atoms with E-state index in [1.54, 1.807) is 24.3 Å². The lowest BCUT2D eigenvalue weighted by Gasteiger charge is -2.44. The van der Waals surface area contributed by atoms with Crippen molar-refractivity contribution in [3.63, 3.8) is 0 Å². The van der Waals surface area contributed by atoms with Crippen LogP contribution in [0, 0.1) is 0 Å². The number of hydrogen-bond donors (Lipinski definition) is 2. The van der Waals surface area contributed by atoms with E-state index in [2.05, 4.69) is 5.32 Å². The molecule has 2 heterocycles. The molecule has 2 fully saturated rings. The molecule has 25 heavy (non-hydrogen) atoms. The summed E-state index contributed by atoms with van der Waals surface area (Å²) in [5.74, 6) is -1.06. The molecule has 0 spiro atoms. The fourth-order valence-electron chi connectivity index (χ4n) is 3.29. The highest BCUT2D eigenvalue weighted by Gasteiger charge is 2.64. The molecule has 1 aromatic rings. The maximum atomic E-state index is 12.5. The SMILES string of the molecule is CC1(C)S[C@@H]2[C@H](NC(=O)[C@@H](N)c3ccccc3)C(=O)N2[C@H]1C(=O)O[SiH3]. The fraction of sp³-hybridized carbons (Fsp3) is 0.438. The molecule has 2 aliphatic rings. The number of nitrogens with zero attached hydrogens (tertiary/aromatic N) is 1. The van der Waals surface area contributed by atoms with Crippen LogP contribution in [0.4, 0.5) is 0 Å². The molecule has 0 saturated carbocycles.